The van der Waals surface area contributed by atoms with E-state index < -0.39 is 6.10 Å². The Labute approximate surface area is 141 Å². The number of aliphatic hydroxyl groups is 1. The second kappa shape index (κ2) is 8.33. The van der Waals surface area contributed by atoms with E-state index in [1.165, 1.54) is 0 Å². The Morgan fingerprint density at radius 3 is 2.50 bits per heavy atom. The minimum absolute atomic E-state index is 0.330. The van der Waals surface area contributed by atoms with Gasteiger partial charge in [0.15, 0.2) is 11.5 Å². The van der Waals surface area contributed by atoms with Crippen molar-refractivity contribution < 1.29 is 19.4 Å². The molecule has 0 saturated heterocycles. The highest BCUT2D eigenvalue weighted by atomic mass is 16.5. The number of rotatable bonds is 7. The molecule has 0 heterocycles. The minimum Gasteiger partial charge on any atom is -0.493 e. The third-order valence-corrected chi connectivity index (χ3v) is 3.70. The molecule has 0 aliphatic carbocycles. The van der Waals surface area contributed by atoms with E-state index in [4.69, 9.17) is 15.3 Å². The van der Waals surface area contributed by atoms with Gasteiger partial charge in [0.25, 0.3) is 5.91 Å². The summed E-state index contributed by atoms with van der Waals surface area (Å²) in [6.07, 6.45) is 0.112. The van der Waals surface area contributed by atoms with Crippen molar-refractivity contribution in [2.45, 2.75) is 26.1 Å². The topological polar surface area (TPSA) is 93.8 Å². The van der Waals surface area contributed by atoms with Crippen LogP contribution in [0, 0.1) is 0 Å². The molecule has 0 bridgehead atoms. The molecule has 2 aromatic carbocycles. The van der Waals surface area contributed by atoms with Gasteiger partial charge < -0.3 is 14.6 Å². The number of methoxy groups -OCH3 is 1. The summed E-state index contributed by atoms with van der Waals surface area (Å²) in [5, 5.41) is 9.90. The molecule has 0 spiro atoms. The number of ether oxygens (including phenoxy) is 2. The molecule has 2 aromatic rings. The lowest BCUT2D eigenvalue weighted by Crippen LogP contribution is -2.29. The third kappa shape index (κ3) is 4.24. The maximum Gasteiger partial charge on any atom is 0.265 e. The molecule has 6 heteroatoms. The van der Waals surface area contributed by atoms with Crippen LogP contribution in [-0.4, -0.2) is 18.1 Å². The van der Waals surface area contributed by atoms with Crippen LogP contribution in [0.1, 0.15) is 40.9 Å². The van der Waals surface area contributed by atoms with Gasteiger partial charge >= 0.3 is 0 Å². The highest BCUT2D eigenvalue weighted by Crippen LogP contribution is 2.31. The van der Waals surface area contributed by atoms with Crippen molar-refractivity contribution in [3.8, 4) is 11.5 Å². The Balaban J connectivity index is 2.07. The van der Waals surface area contributed by atoms with E-state index in [-0.39, 0.29) is 5.91 Å². The van der Waals surface area contributed by atoms with Gasteiger partial charge in [0.2, 0.25) is 0 Å². The first-order valence-electron chi connectivity index (χ1n) is 7.67. The summed E-state index contributed by atoms with van der Waals surface area (Å²) in [6, 6.07) is 12.3. The summed E-state index contributed by atoms with van der Waals surface area (Å²) in [7, 11) is 1.56. The molecular formula is C18H22N2O4. The van der Waals surface area contributed by atoms with Crippen LogP contribution in [0.15, 0.2) is 42.5 Å². The van der Waals surface area contributed by atoms with Crippen LogP contribution < -0.4 is 20.7 Å². The van der Waals surface area contributed by atoms with E-state index in [1.807, 2.05) is 13.0 Å². The van der Waals surface area contributed by atoms with Gasteiger partial charge in [0, 0.05) is 5.56 Å². The Morgan fingerprint density at radius 1 is 1.21 bits per heavy atom. The predicted molar refractivity (Wildman–Crippen MR) is 90.7 cm³/mol. The molecule has 0 aromatic heterocycles. The zero-order valence-electron chi connectivity index (χ0n) is 13.8. The van der Waals surface area contributed by atoms with Gasteiger partial charge in [0.1, 0.15) is 6.61 Å². The number of nitrogens with two attached hydrogens (primary N) is 1. The number of amides is 1. The molecule has 1 atom stereocenters. The molecule has 1 amide bonds. The zero-order valence-corrected chi connectivity index (χ0v) is 13.8. The van der Waals surface area contributed by atoms with Crippen LogP contribution in [0.25, 0.3) is 0 Å². The molecule has 2 rings (SSSR count). The van der Waals surface area contributed by atoms with Crippen LogP contribution >= 0.6 is 0 Å². The molecule has 0 aliphatic heterocycles. The van der Waals surface area contributed by atoms with Crippen molar-refractivity contribution >= 4 is 5.91 Å². The molecule has 0 unspecified atom stereocenters. The van der Waals surface area contributed by atoms with Gasteiger partial charge in [-0.1, -0.05) is 25.1 Å². The van der Waals surface area contributed by atoms with E-state index in [9.17, 15) is 9.90 Å². The first-order valence-corrected chi connectivity index (χ1v) is 7.67. The van der Waals surface area contributed by atoms with Gasteiger partial charge in [-0.05, 0) is 41.8 Å². The van der Waals surface area contributed by atoms with Gasteiger partial charge in [-0.25, -0.2) is 5.84 Å². The molecule has 24 heavy (non-hydrogen) atoms. The van der Waals surface area contributed by atoms with Gasteiger partial charge in [0.05, 0.1) is 13.2 Å². The highest BCUT2D eigenvalue weighted by Gasteiger charge is 2.11. The van der Waals surface area contributed by atoms with E-state index in [2.05, 4.69) is 5.43 Å². The molecule has 0 fully saturated rings. The Hall–Kier alpha value is -2.57. The summed E-state index contributed by atoms with van der Waals surface area (Å²) >= 11 is 0. The SMILES string of the molecule is CC[C@H](O)c1ccc(OCc2ccc(C(=O)NN)cc2)c(OC)c1. The van der Waals surface area contributed by atoms with Crippen LogP contribution in [0.2, 0.25) is 0 Å². The second-order valence-corrected chi connectivity index (χ2v) is 5.29. The fourth-order valence-corrected chi connectivity index (χ4v) is 2.24. The second-order valence-electron chi connectivity index (χ2n) is 5.29. The van der Waals surface area contributed by atoms with Crippen molar-refractivity contribution in [1.29, 1.82) is 0 Å². The predicted octanol–water partition coefficient (Wildman–Crippen LogP) is 2.32. The molecule has 0 radical (unpaired) electrons. The van der Waals surface area contributed by atoms with E-state index in [0.29, 0.717) is 30.1 Å². The average Bonchev–Trinajstić information content (AvgIpc) is 2.65. The lowest BCUT2D eigenvalue weighted by Gasteiger charge is -2.14. The number of nitrogen functional groups attached to an aromatic ring is 1. The normalized spacial score (nSPS) is 11.7. The van der Waals surface area contributed by atoms with Crippen LogP contribution in [0.4, 0.5) is 0 Å². The number of aliphatic hydroxyl groups excluding tert-OH is 1. The van der Waals surface area contributed by atoms with E-state index in [0.717, 1.165) is 11.1 Å². The zero-order chi connectivity index (χ0) is 17.5. The van der Waals surface area contributed by atoms with Crippen molar-refractivity contribution in [1.82, 2.24) is 5.43 Å². The van der Waals surface area contributed by atoms with Crippen molar-refractivity contribution in [3.05, 3.63) is 59.2 Å². The number of hydrogen-bond donors (Lipinski definition) is 3. The Morgan fingerprint density at radius 2 is 1.92 bits per heavy atom. The van der Waals surface area contributed by atoms with Gasteiger partial charge in [-0.15, -0.1) is 0 Å². The molecule has 4 N–H and O–H groups in total. The monoisotopic (exact) mass is 330 g/mol. The Kier molecular flexibility index (Phi) is 6.17. The number of nitrogens with one attached hydrogen (secondary N) is 1. The van der Waals surface area contributed by atoms with E-state index >= 15 is 0 Å². The average molecular weight is 330 g/mol. The van der Waals surface area contributed by atoms with Gasteiger partial charge in [-0.2, -0.15) is 0 Å². The van der Waals surface area contributed by atoms with Crippen LogP contribution in [0.5, 0.6) is 11.5 Å². The summed E-state index contributed by atoms with van der Waals surface area (Å²) < 4.78 is 11.1. The van der Waals surface area contributed by atoms with Crippen LogP contribution in [0.3, 0.4) is 0 Å². The Bertz CT molecular complexity index is 686. The smallest absolute Gasteiger partial charge is 0.265 e. The van der Waals surface area contributed by atoms with E-state index in [1.54, 1.807) is 43.5 Å². The number of hydrogen-bond acceptors (Lipinski definition) is 5. The van der Waals surface area contributed by atoms with Gasteiger partial charge in [-0.3, -0.25) is 10.2 Å². The highest BCUT2D eigenvalue weighted by molar-refractivity contribution is 5.93. The lowest BCUT2D eigenvalue weighted by atomic mass is 10.1. The summed E-state index contributed by atoms with van der Waals surface area (Å²) in [4.78, 5) is 11.4. The molecular weight excluding hydrogens is 308 g/mol. The largest absolute Gasteiger partial charge is 0.493 e. The molecule has 0 aliphatic rings. The lowest BCUT2D eigenvalue weighted by molar-refractivity contribution is 0.0953. The first kappa shape index (κ1) is 17.8. The molecule has 6 nitrogen and oxygen atoms in total. The molecule has 0 saturated carbocycles. The number of hydrazine groups is 1. The maximum atomic E-state index is 11.4. The third-order valence-electron chi connectivity index (χ3n) is 3.70. The fourth-order valence-electron chi connectivity index (χ4n) is 2.24. The fraction of sp³-hybridized carbons (Fsp3) is 0.278. The summed E-state index contributed by atoms with van der Waals surface area (Å²) in [5.74, 6) is 5.92. The molecule has 128 valence electrons. The summed E-state index contributed by atoms with van der Waals surface area (Å²) in [6.45, 7) is 2.24. The van der Waals surface area contributed by atoms with Crippen molar-refractivity contribution in [2.75, 3.05) is 7.11 Å². The standard InChI is InChI=1S/C18H22N2O4/c1-3-15(21)14-8-9-16(17(10-14)23-2)24-11-12-4-6-13(7-5-12)18(22)20-19/h4-10,15,21H,3,11,19H2,1-2H3,(H,20,22)/t15-/m0/s1. The minimum atomic E-state index is -0.519. The number of carbonyl (C=O) groups is 1. The maximum absolute atomic E-state index is 11.4. The first-order chi connectivity index (χ1) is 11.6. The number of benzene rings is 2. The number of carbonyl (C=O) groups excluding carboxylic acids is 1. The van der Waals surface area contributed by atoms with Crippen molar-refractivity contribution in [2.24, 2.45) is 5.84 Å². The van der Waals surface area contributed by atoms with Crippen molar-refractivity contribution in [3.63, 3.8) is 0 Å². The van der Waals surface area contributed by atoms with Crippen LogP contribution in [-0.2, 0) is 6.61 Å². The quantitative estimate of drug-likeness (QED) is 0.411. The summed E-state index contributed by atoms with van der Waals surface area (Å²) in [5.41, 5.74) is 4.27.